The lowest BCUT2D eigenvalue weighted by atomic mass is 9.83. The molecule has 5 heteroatoms. The van der Waals surface area contributed by atoms with E-state index >= 15 is 0 Å². The summed E-state index contributed by atoms with van der Waals surface area (Å²) in [5, 5.41) is 5.80. The SMILES string of the molecule is CCC(NC(=O)c1csc(C(C)N)n1)C1CCCCC1. The van der Waals surface area contributed by atoms with Gasteiger partial charge in [-0.3, -0.25) is 4.79 Å². The smallest absolute Gasteiger partial charge is 0.270 e. The first kappa shape index (κ1) is 15.4. The maximum absolute atomic E-state index is 12.3. The number of rotatable bonds is 5. The van der Waals surface area contributed by atoms with Crippen molar-refractivity contribution < 1.29 is 4.79 Å². The third-order valence-electron chi connectivity index (χ3n) is 4.12. The highest BCUT2D eigenvalue weighted by Crippen LogP contribution is 2.28. The predicted molar refractivity (Wildman–Crippen MR) is 82.8 cm³/mol. The van der Waals surface area contributed by atoms with E-state index in [0.717, 1.165) is 11.4 Å². The van der Waals surface area contributed by atoms with Gasteiger partial charge in [-0.2, -0.15) is 0 Å². The minimum Gasteiger partial charge on any atom is -0.348 e. The zero-order chi connectivity index (χ0) is 14.5. The maximum atomic E-state index is 12.3. The minimum atomic E-state index is -0.109. The molecule has 3 N–H and O–H groups in total. The molecule has 2 atom stereocenters. The Morgan fingerprint density at radius 3 is 2.75 bits per heavy atom. The molecular formula is C15H25N3OS. The normalized spacial score (nSPS) is 19.6. The van der Waals surface area contributed by atoms with Crippen LogP contribution >= 0.6 is 11.3 Å². The predicted octanol–water partition coefficient (Wildman–Crippen LogP) is 3.25. The van der Waals surface area contributed by atoms with E-state index in [-0.39, 0.29) is 18.0 Å². The molecule has 1 aromatic rings. The fraction of sp³-hybridized carbons (Fsp3) is 0.733. The topological polar surface area (TPSA) is 68.0 Å². The number of amides is 1. The van der Waals surface area contributed by atoms with Gasteiger partial charge in [0.05, 0.1) is 6.04 Å². The van der Waals surface area contributed by atoms with Crippen molar-refractivity contribution in [2.75, 3.05) is 0 Å². The highest BCUT2D eigenvalue weighted by Gasteiger charge is 2.24. The van der Waals surface area contributed by atoms with Crippen LogP contribution in [0.5, 0.6) is 0 Å². The van der Waals surface area contributed by atoms with E-state index < -0.39 is 0 Å². The van der Waals surface area contributed by atoms with Crippen molar-refractivity contribution in [3.63, 3.8) is 0 Å². The third-order valence-corrected chi connectivity index (χ3v) is 5.16. The van der Waals surface area contributed by atoms with Crippen molar-refractivity contribution >= 4 is 17.2 Å². The summed E-state index contributed by atoms with van der Waals surface area (Å²) in [6, 6.07) is 0.171. The lowest BCUT2D eigenvalue weighted by molar-refractivity contribution is 0.0906. The van der Waals surface area contributed by atoms with E-state index in [9.17, 15) is 4.79 Å². The molecule has 1 aliphatic rings. The number of nitrogens with one attached hydrogen (secondary N) is 1. The molecule has 1 aliphatic carbocycles. The van der Waals surface area contributed by atoms with E-state index in [1.165, 1.54) is 43.4 Å². The van der Waals surface area contributed by atoms with Crippen LogP contribution in [0.2, 0.25) is 0 Å². The summed E-state index contributed by atoms with van der Waals surface area (Å²) in [5.41, 5.74) is 6.30. The van der Waals surface area contributed by atoms with Crippen molar-refractivity contribution in [3.8, 4) is 0 Å². The zero-order valence-corrected chi connectivity index (χ0v) is 13.2. The zero-order valence-electron chi connectivity index (χ0n) is 12.4. The molecule has 4 nitrogen and oxygen atoms in total. The Morgan fingerprint density at radius 1 is 1.50 bits per heavy atom. The van der Waals surface area contributed by atoms with Crippen LogP contribution in [-0.4, -0.2) is 16.9 Å². The molecule has 2 rings (SSSR count). The number of hydrogen-bond donors (Lipinski definition) is 2. The van der Waals surface area contributed by atoms with Crippen LogP contribution in [-0.2, 0) is 0 Å². The van der Waals surface area contributed by atoms with Gasteiger partial charge in [-0.15, -0.1) is 11.3 Å². The highest BCUT2D eigenvalue weighted by atomic mass is 32.1. The first-order chi connectivity index (χ1) is 9.61. The van der Waals surface area contributed by atoms with Crippen molar-refractivity contribution in [2.45, 2.75) is 64.5 Å². The number of carbonyl (C=O) groups is 1. The molecule has 0 spiro atoms. The molecule has 20 heavy (non-hydrogen) atoms. The summed E-state index contributed by atoms with van der Waals surface area (Å²) in [7, 11) is 0. The molecule has 1 saturated carbocycles. The fourth-order valence-electron chi connectivity index (χ4n) is 2.93. The summed E-state index contributed by atoms with van der Waals surface area (Å²) < 4.78 is 0. The number of aromatic nitrogens is 1. The number of nitrogens with zero attached hydrogens (tertiary/aromatic N) is 1. The fourth-order valence-corrected chi connectivity index (χ4v) is 3.69. The van der Waals surface area contributed by atoms with Crippen LogP contribution in [0.3, 0.4) is 0 Å². The van der Waals surface area contributed by atoms with E-state index in [2.05, 4.69) is 17.2 Å². The van der Waals surface area contributed by atoms with Crippen LogP contribution in [0.25, 0.3) is 0 Å². The van der Waals surface area contributed by atoms with Crippen LogP contribution in [0, 0.1) is 5.92 Å². The van der Waals surface area contributed by atoms with E-state index in [1.807, 2.05) is 12.3 Å². The average Bonchev–Trinajstić information content (AvgIpc) is 2.95. The van der Waals surface area contributed by atoms with Gasteiger partial charge < -0.3 is 11.1 Å². The molecule has 1 amide bonds. The Hall–Kier alpha value is -0.940. The number of carbonyl (C=O) groups excluding carboxylic acids is 1. The molecule has 0 aliphatic heterocycles. The molecule has 0 radical (unpaired) electrons. The molecule has 0 bridgehead atoms. The third kappa shape index (κ3) is 3.79. The van der Waals surface area contributed by atoms with Crippen molar-refractivity contribution in [3.05, 3.63) is 16.1 Å². The van der Waals surface area contributed by atoms with Gasteiger partial charge in [0.1, 0.15) is 10.7 Å². The van der Waals surface area contributed by atoms with E-state index in [4.69, 9.17) is 5.73 Å². The first-order valence-electron chi connectivity index (χ1n) is 7.63. The molecule has 112 valence electrons. The largest absolute Gasteiger partial charge is 0.348 e. The van der Waals surface area contributed by atoms with Gasteiger partial charge in [-0.1, -0.05) is 26.2 Å². The highest BCUT2D eigenvalue weighted by molar-refractivity contribution is 7.09. The van der Waals surface area contributed by atoms with Crippen molar-refractivity contribution in [1.82, 2.24) is 10.3 Å². The molecule has 1 fully saturated rings. The summed E-state index contributed by atoms with van der Waals surface area (Å²) >= 11 is 1.46. The average molecular weight is 295 g/mol. The second-order valence-corrected chi connectivity index (χ2v) is 6.64. The number of hydrogen-bond acceptors (Lipinski definition) is 4. The first-order valence-corrected chi connectivity index (χ1v) is 8.51. The van der Waals surface area contributed by atoms with Crippen LogP contribution in [0.4, 0.5) is 0 Å². The monoisotopic (exact) mass is 295 g/mol. The molecule has 1 aromatic heterocycles. The van der Waals surface area contributed by atoms with Crippen molar-refractivity contribution in [1.29, 1.82) is 0 Å². The molecule has 0 saturated heterocycles. The van der Waals surface area contributed by atoms with Gasteiger partial charge in [-0.05, 0) is 32.1 Å². The summed E-state index contributed by atoms with van der Waals surface area (Å²) in [6.45, 7) is 4.03. The van der Waals surface area contributed by atoms with Gasteiger partial charge in [0.15, 0.2) is 0 Å². The molecule has 2 unspecified atom stereocenters. The summed E-state index contributed by atoms with van der Waals surface area (Å²) in [5.74, 6) is 0.579. The second-order valence-electron chi connectivity index (χ2n) is 5.75. The molecule has 1 heterocycles. The van der Waals surface area contributed by atoms with Gasteiger partial charge in [0, 0.05) is 11.4 Å². The maximum Gasteiger partial charge on any atom is 0.270 e. The van der Waals surface area contributed by atoms with Crippen LogP contribution < -0.4 is 11.1 Å². The Balaban J connectivity index is 1.97. The lowest BCUT2D eigenvalue weighted by Crippen LogP contribution is -2.40. The minimum absolute atomic E-state index is 0.0504. The quantitative estimate of drug-likeness (QED) is 0.876. The standard InChI is InChI=1S/C15H25N3OS/c1-3-12(11-7-5-4-6-8-11)17-14(19)13-9-20-15(18-13)10(2)16/h9-12H,3-8,16H2,1-2H3,(H,17,19). The Morgan fingerprint density at radius 2 is 2.20 bits per heavy atom. The Kier molecular flexibility index (Phi) is 5.54. The van der Waals surface area contributed by atoms with Gasteiger partial charge in [0.25, 0.3) is 5.91 Å². The van der Waals surface area contributed by atoms with Crippen LogP contribution in [0.15, 0.2) is 5.38 Å². The van der Waals surface area contributed by atoms with Gasteiger partial charge in [-0.25, -0.2) is 4.98 Å². The number of thiazole rings is 1. The van der Waals surface area contributed by atoms with E-state index in [0.29, 0.717) is 11.6 Å². The van der Waals surface area contributed by atoms with Gasteiger partial charge >= 0.3 is 0 Å². The Labute approximate surface area is 125 Å². The second kappa shape index (κ2) is 7.18. The van der Waals surface area contributed by atoms with Crippen molar-refractivity contribution in [2.24, 2.45) is 11.7 Å². The number of nitrogens with two attached hydrogens (primary N) is 1. The molecule has 0 aromatic carbocycles. The summed E-state index contributed by atoms with van der Waals surface area (Å²) in [4.78, 5) is 16.6. The van der Waals surface area contributed by atoms with E-state index in [1.54, 1.807) is 0 Å². The Bertz CT molecular complexity index is 438. The molecular weight excluding hydrogens is 270 g/mol. The lowest BCUT2D eigenvalue weighted by Gasteiger charge is -2.30. The summed E-state index contributed by atoms with van der Waals surface area (Å²) in [6.07, 6.45) is 7.39. The van der Waals surface area contributed by atoms with Crippen LogP contribution in [0.1, 0.15) is 73.9 Å². The van der Waals surface area contributed by atoms with Gasteiger partial charge in [0.2, 0.25) is 0 Å².